The number of carbonyl (C=O) groups excluding carboxylic acids is 2. The smallest absolute Gasteiger partial charge is 0.245 e. The van der Waals surface area contributed by atoms with Crippen molar-refractivity contribution in [1.29, 1.82) is 0 Å². The molecule has 0 radical (unpaired) electrons. The van der Waals surface area contributed by atoms with Crippen molar-refractivity contribution in [2.45, 2.75) is 25.7 Å². The van der Waals surface area contributed by atoms with Crippen LogP contribution in [0, 0.1) is 0 Å². The third kappa shape index (κ3) is 5.93. The first-order valence-electron chi connectivity index (χ1n) is 8.67. The Labute approximate surface area is 158 Å². The number of ether oxygens (including phenoxy) is 1. The van der Waals surface area contributed by atoms with E-state index in [1.807, 2.05) is 37.3 Å². The Morgan fingerprint density at radius 3 is 2.69 bits per heavy atom. The molecule has 1 N–H and O–H groups in total. The number of methoxy groups -OCH3 is 1. The van der Waals surface area contributed by atoms with Crippen LogP contribution in [-0.4, -0.2) is 48.5 Å². The zero-order chi connectivity index (χ0) is 18.8. The largest absolute Gasteiger partial charge is 0.385 e. The van der Waals surface area contributed by atoms with Gasteiger partial charge in [-0.15, -0.1) is 11.3 Å². The van der Waals surface area contributed by atoms with Gasteiger partial charge in [0.1, 0.15) is 0 Å². The molecular weight excluding hydrogens is 350 g/mol. The van der Waals surface area contributed by atoms with Gasteiger partial charge in [-0.1, -0.05) is 37.3 Å². The van der Waals surface area contributed by atoms with Crippen LogP contribution in [-0.2, 0) is 14.3 Å². The number of hydrogen-bond acceptors (Lipinski definition) is 5. The van der Waals surface area contributed by atoms with Crippen LogP contribution in [0.2, 0.25) is 0 Å². The van der Waals surface area contributed by atoms with Gasteiger partial charge in [-0.2, -0.15) is 0 Å². The van der Waals surface area contributed by atoms with E-state index in [0.717, 1.165) is 5.56 Å². The quantitative estimate of drug-likeness (QED) is 0.648. The number of amides is 2. The van der Waals surface area contributed by atoms with Crippen LogP contribution < -0.4 is 5.32 Å². The van der Waals surface area contributed by atoms with Crippen LogP contribution in [0.1, 0.15) is 31.2 Å². The summed E-state index contributed by atoms with van der Waals surface area (Å²) in [5, 5.41) is 5.07. The Balaban J connectivity index is 2.08. The van der Waals surface area contributed by atoms with E-state index in [-0.39, 0.29) is 24.3 Å². The highest BCUT2D eigenvalue weighted by Gasteiger charge is 2.26. The molecule has 1 aromatic carbocycles. The summed E-state index contributed by atoms with van der Waals surface area (Å²) in [6, 6.07) is 9.69. The molecule has 0 aliphatic rings. The van der Waals surface area contributed by atoms with E-state index in [4.69, 9.17) is 4.74 Å². The van der Waals surface area contributed by atoms with Gasteiger partial charge in [0, 0.05) is 31.8 Å². The third-order valence-electron chi connectivity index (χ3n) is 4.01. The maximum atomic E-state index is 13.1. The lowest BCUT2D eigenvalue weighted by Crippen LogP contribution is -2.41. The summed E-state index contributed by atoms with van der Waals surface area (Å²) >= 11 is 1.35. The maximum Gasteiger partial charge on any atom is 0.245 e. The molecule has 1 heterocycles. The minimum atomic E-state index is -0.258. The summed E-state index contributed by atoms with van der Waals surface area (Å²) in [5.41, 5.74) is 0.970. The summed E-state index contributed by atoms with van der Waals surface area (Å²) in [6.45, 7) is 3.01. The van der Waals surface area contributed by atoms with Gasteiger partial charge in [0.25, 0.3) is 0 Å². The van der Waals surface area contributed by atoms with Crippen molar-refractivity contribution >= 4 is 28.3 Å². The molecule has 1 aromatic heterocycles. The van der Waals surface area contributed by atoms with Crippen LogP contribution in [0.4, 0.5) is 5.13 Å². The van der Waals surface area contributed by atoms with Crippen LogP contribution in [0.15, 0.2) is 41.9 Å². The number of benzene rings is 1. The standard InChI is InChI=1S/C19H25N3O3S/c1-3-16(15-8-5-4-6-9-15)18(24)22(11-7-12-25-2)14-17(23)21-19-20-10-13-26-19/h4-6,8-10,13,16H,3,7,11-12,14H2,1-2H3,(H,20,21,23). The Kier molecular flexibility index (Phi) is 8.24. The number of nitrogens with one attached hydrogen (secondary N) is 1. The lowest BCUT2D eigenvalue weighted by atomic mass is 9.95. The van der Waals surface area contributed by atoms with E-state index >= 15 is 0 Å². The van der Waals surface area contributed by atoms with E-state index in [1.165, 1.54) is 11.3 Å². The predicted octanol–water partition coefficient (Wildman–Crippen LogP) is 3.14. The minimum absolute atomic E-state index is 0.00542. The first kappa shape index (κ1) is 20.1. The molecule has 2 aromatic rings. The van der Waals surface area contributed by atoms with Gasteiger partial charge in [-0.3, -0.25) is 9.59 Å². The van der Waals surface area contributed by atoms with Gasteiger partial charge < -0.3 is 15.0 Å². The maximum absolute atomic E-state index is 13.1. The lowest BCUT2D eigenvalue weighted by molar-refractivity contribution is -0.136. The van der Waals surface area contributed by atoms with Crippen LogP contribution in [0.3, 0.4) is 0 Å². The zero-order valence-electron chi connectivity index (χ0n) is 15.2. The Hall–Kier alpha value is -2.25. The van der Waals surface area contributed by atoms with E-state index < -0.39 is 0 Å². The molecule has 0 saturated heterocycles. The third-order valence-corrected chi connectivity index (χ3v) is 4.70. The molecule has 1 atom stereocenters. The molecule has 0 fully saturated rings. The Bertz CT molecular complexity index is 677. The molecule has 0 aliphatic heterocycles. The molecule has 0 spiro atoms. The fraction of sp³-hybridized carbons (Fsp3) is 0.421. The average molecular weight is 375 g/mol. The zero-order valence-corrected chi connectivity index (χ0v) is 16.0. The van der Waals surface area contributed by atoms with Crippen LogP contribution in [0.5, 0.6) is 0 Å². The summed E-state index contributed by atoms with van der Waals surface area (Å²) < 4.78 is 5.09. The fourth-order valence-electron chi connectivity index (χ4n) is 2.74. The highest BCUT2D eigenvalue weighted by Crippen LogP contribution is 2.22. The monoisotopic (exact) mass is 375 g/mol. The topological polar surface area (TPSA) is 71.5 Å². The van der Waals surface area contributed by atoms with Gasteiger partial charge in [0.05, 0.1) is 12.5 Å². The van der Waals surface area contributed by atoms with Crippen molar-refractivity contribution in [3.8, 4) is 0 Å². The highest BCUT2D eigenvalue weighted by molar-refractivity contribution is 7.13. The molecule has 2 amide bonds. The molecule has 0 saturated carbocycles. The van der Waals surface area contributed by atoms with Crippen molar-refractivity contribution in [1.82, 2.24) is 9.88 Å². The Morgan fingerprint density at radius 1 is 1.31 bits per heavy atom. The molecule has 2 rings (SSSR count). The number of nitrogens with zero attached hydrogens (tertiary/aromatic N) is 2. The van der Waals surface area contributed by atoms with Crippen LogP contribution in [0.25, 0.3) is 0 Å². The summed E-state index contributed by atoms with van der Waals surface area (Å²) in [4.78, 5) is 31.1. The molecule has 1 unspecified atom stereocenters. The minimum Gasteiger partial charge on any atom is -0.385 e. The van der Waals surface area contributed by atoms with Crippen molar-refractivity contribution in [2.75, 3.05) is 32.1 Å². The van der Waals surface area contributed by atoms with Crippen molar-refractivity contribution in [3.63, 3.8) is 0 Å². The number of thiazole rings is 1. The normalized spacial score (nSPS) is 11.8. The van der Waals surface area contributed by atoms with Crippen molar-refractivity contribution in [3.05, 3.63) is 47.5 Å². The number of hydrogen-bond donors (Lipinski definition) is 1. The second kappa shape index (κ2) is 10.7. The molecular formula is C19H25N3O3S. The number of rotatable bonds is 10. The second-order valence-corrected chi connectivity index (χ2v) is 6.76. The fourth-order valence-corrected chi connectivity index (χ4v) is 3.29. The molecule has 6 nitrogen and oxygen atoms in total. The average Bonchev–Trinajstić information content (AvgIpc) is 3.15. The number of carbonyl (C=O) groups is 2. The molecule has 7 heteroatoms. The first-order chi connectivity index (χ1) is 12.7. The molecule has 26 heavy (non-hydrogen) atoms. The molecule has 140 valence electrons. The van der Waals surface area contributed by atoms with Crippen molar-refractivity contribution < 1.29 is 14.3 Å². The van der Waals surface area contributed by atoms with Gasteiger partial charge >= 0.3 is 0 Å². The Morgan fingerprint density at radius 2 is 2.08 bits per heavy atom. The summed E-state index contributed by atoms with van der Waals surface area (Å²) in [7, 11) is 1.63. The van der Waals surface area contributed by atoms with E-state index in [2.05, 4.69) is 10.3 Å². The summed E-state index contributed by atoms with van der Waals surface area (Å²) in [5.74, 6) is -0.538. The van der Waals surface area contributed by atoms with E-state index in [0.29, 0.717) is 31.1 Å². The van der Waals surface area contributed by atoms with Gasteiger partial charge in [0.15, 0.2) is 5.13 Å². The van der Waals surface area contributed by atoms with E-state index in [9.17, 15) is 9.59 Å². The predicted molar refractivity (Wildman–Crippen MR) is 103 cm³/mol. The highest BCUT2D eigenvalue weighted by atomic mass is 32.1. The van der Waals surface area contributed by atoms with Crippen LogP contribution >= 0.6 is 11.3 Å². The van der Waals surface area contributed by atoms with Gasteiger partial charge in [0.2, 0.25) is 11.8 Å². The van der Waals surface area contributed by atoms with Gasteiger partial charge in [-0.25, -0.2) is 4.98 Å². The van der Waals surface area contributed by atoms with Gasteiger partial charge in [-0.05, 0) is 18.4 Å². The molecule has 0 bridgehead atoms. The second-order valence-electron chi connectivity index (χ2n) is 5.86. The SMILES string of the molecule is CCC(C(=O)N(CCCOC)CC(=O)Nc1nccs1)c1ccccc1. The summed E-state index contributed by atoms with van der Waals surface area (Å²) in [6.07, 6.45) is 2.99. The van der Waals surface area contributed by atoms with Crippen molar-refractivity contribution in [2.24, 2.45) is 0 Å². The molecule has 0 aliphatic carbocycles. The first-order valence-corrected chi connectivity index (χ1v) is 9.55. The number of anilines is 1. The van der Waals surface area contributed by atoms with E-state index in [1.54, 1.807) is 23.6 Å². The number of aromatic nitrogens is 1. The lowest BCUT2D eigenvalue weighted by Gasteiger charge is -2.26.